The van der Waals surface area contributed by atoms with Crippen molar-refractivity contribution in [3.8, 4) is 0 Å². The zero-order valence-corrected chi connectivity index (χ0v) is 17.8. The van der Waals surface area contributed by atoms with Gasteiger partial charge in [0.1, 0.15) is 8.98 Å². The van der Waals surface area contributed by atoms with Gasteiger partial charge in [0.05, 0.1) is 22.1 Å². The summed E-state index contributed by atoms with van der Waals surface area (Å²) in [5.41, 5.74) is 0. The Bertz CT molecular complexity index is 433. The van der Waals surface area contributed by atoms with E-state index in [2.05, 4.69) is 12.6 Å². The number of thiol groups is 1. The molecule has 0 heterocycles. The second-order valence-corrected chi connectivity index (χ2v) is 8.38. The summed E-state index contributed by atoms with van der Waals surface area (Å²) in [5.74, 6) is -0.202. The largest absolute Gasteiger partial charge is 0.317 e. The minimum absolute atomic E-state index is 0.101. The minimum Gasteiger partial charge on any atom is -0.317 e. The number of hydrogen-bond donors (Lipinski definition) is 1. The molecule has 0 N–H and O–H groups in total. The molecule has 0 radical (unpaired) electrons. The Kier molecular flexibility index (Phi) is 10.6. The number of hydrogen-bond acceptors (Lipinski definition) is 1. The van der Waals surface area contributed by atoms with Gasteiger partial charge in [0.25, 0.3) is 5.24 Å². The maximum absolute atomic E-state index is 12.1. The third-order valence-corrected chi connectivity index (χ3v) is 5.22. The Morgan fingerprint density at radius 3 is 1.18 bits per heavy atom. The highest BCUT2D eigenvalue weighted by Gasteiger charge is 2.38. The van der Waals surface area contributed by atoms with Crippen molar-refractivity contribution in [2.24, 2.45) is 11.8 Å². The first-order valence-electron chi connectivity index (χ1n) is 6.36. The lowest BCUT2D eigenvalue weighted by atomic mass is 9.96. The van der Waals surface area contributed by atoms with Crippen molar-refractivity contribution in [3.63, 3.8) is 0 Å². The van der Waals surface area contributed by atoms with Crippen LogP contribution in [-0.2, 0) is 0 Å². The van der Waals surface area contributed by atoms with Gasteiger partial charge >= 0.3 is 0 Å². The van der Waals surface area contributed by atoms with Gasteiger partial charge < -0.3 is 4.90 Å². The fourth-order valence-electron chi connectivity index (χ4n) is 2.11. The van der Waals surface area contributed by atoms with Gasteiger partial charge in [-0.05, 0) is 11.8 Å². The number of amides is 1. The lowest BCUT2D eigenvalue weighted by molar-refractivity contribution is 0.156. The lowest BCUT2D eigenvalue weighted by Gasteiger charge is -2.40. The number of carbonyl (C=O) groups is 1. The van der Waals surface area contributed by atoms with Crippen LogP contribution in [0.1, 0.15) is 27.7 Å². The van der Waals surface area contributed by atoms with Gasteiger partial charge in [-0.3, -0.25) is 4.79 Å². The van der Waals surface area contributed by atoms with Gasteiger partial charge in [0.15, 0.2) is 0 Å². The Balaban J connectivity index is 6.22. The van der Waals surface area contributed by atoms with Crippen molar-refractivity contribution in [1.29, 1.82) is 0 Å². The molecular weight excluding hydrogens is 431 g/mol. The first kappa shape index (κ1) is 23.0. The van der Waals surface area contributed by atoms with E-state index in [1.807, 2.05) is 27.7 Å². The topological polar surface area (TPSA) is 20.3 Å². The van der Waals surface area contributed by atoms with Crippen LogP contribution in [0.2, 0.25) is 0 Å². The standard InChI is InChI=1S/C13H17Cl6NOS/c1-5(2)9(7(14)11(16)17)20(13(21)22)10(6(3)4)8(15)12(18)19/h5-6,9-10H,1-4H3,(H,21,22). The zero-order valence-electron chi connectivity index (χ0n) is 12.4. The summed E-state index contributed by atoms with van der Waals surface area (Å²) in [5, 5.41) is -0.291. The molecule has 0 aliphatic heterocycles. The highest BCUT2D eigenvalue weighted by Crippen LogP contribution is 2.37. The third kappa shape index (κ3) is 6.16. The molecule has 2 nitrogen and oxygen atoms in total. The Labute approximate surface area is 167 Å². The summed E-state index contributed by atoms with van der Waals surface area (Å²) in [6.07, 6.45) is 0. The number of rotatable bonds is 6. The minimum atomic E-state index is -0.620. The summed E-state index contributed by atoms with van der Waals surface area (Å²) in [4.78, 5) is 13.5. The van der Waals surface area contributed by atoms with Gasteiger partial charge in [-0.2, -0.15) is 0 Å². The second kappa shape index (κ2) is 10.1. The average Bonchev–Trinajstić information content (AvgIpc) is 2.35. The normalized spacial score (nSPS) is 13.9. The van der Waals surface area contributed by atoms with E-state index in [0.29, 0.717) is 0 Å². The Morgan fingerprint density at radius 1 is 0.773 bits per heavy atom. The molecule has 0 rings (SSSR count). The molecule has 1 amide bonds. The van der Waals surface area contributed by atoms with Crippen LogP contribution in [0.15, 0.2) is 19.0 Å². The SMILES string of the molecule is CC(C)C(C(Cl)=C(Cl)Cl)N(C(=O)S)C(C(Cl)=C(Cl)Cl)C(C)C. The number of carbonyl (C=O) groups excluding carboxylic acids is 1. The van der Waals surface area contributed by atoms with E-state index in [1.165, 1.54) is 4.90 Å². The Hall–Kier alpha value is 1.04. The maximum atomic E-state index is 12.1. The van der Waals surface area contributed by atoms with Crippen molar-refractivity contribution < 1.29 is 4.79 Å². The summed E-state index contributed by atoms with van der Waals surface area (Å²) in [6, 6.07) is -1.24. The van der Waals surface area contributed by atoms with Crippen molar-refractivity contribution in [2.75, 3.05) is 0 Å². The van der Waals surface area contributed by atoms with Crippen LogP contribution in [0, 0.1) is 11.8 Å². The molecule has 0 spiro atoms. The van der Waals surface area contributed by atoms with Crippen LogP contribution in [-0.4, -0.2) is 22.2 Å². The van der Waals surface area contributed by atoms with Crippen molar-refractivity contribution >= 4 is 87.5 Å². The fourth-order valence-corrected chi connectivity index (χ4v) is 3.52. The van der Waals surface area contributed by atoms with E-state index >= 15 is 0 Å². The van der Waals surface area contributed by atoms with Crippen LogP contribution >= 0.6 is 82.2 Å². The predicted molar refractivity (Wildman–Crippen MR) is 103 cm³/mol. The highest BCUT2D eigenvalue weighted by molar-refractivity contribution is 7.96. The second-order valence-electron chi connectivity index (χ2n) is 5.28. The predicted octanol–water partition coefficient (Wildman–Crippen LogP) is 7.16. The van der Waals surface area contributed by atoms with E-state index in [4.69, 9.17) is 69.6 Å². The van der Waals surface area contributed by atoms with Gasteiger partial charge in [-0.1, -0.05) is 110 Å². The molecule has 0 aliphatic carbocycles. The van der Waals surface area contributed by atoms with Crippen LogP contribution in [0.3, 0.4) is 0 Å². The average molecular weight is 448 g/mol. The molecule has 2 unspecified atom stereocenters. The van der Waals surface area contributed by atoms with Gasteiger partial charge in [0.2, 0.25) is 0 Å². The first-order chi connectivity index (χ1) is 9.93. The van der Waals surface area contributed by atoms with Crippen LogP contribution in [0.4, 0.5) is 4.79 Å². The van der Waals surface area contributed by atoms with Crippen molar-refractivity contribution in [3.05, 3.63) is 19.0 Å². The molecule has 22 heavy (non-hydrogen) atoms. The molecule has 128 valence electrons. The fraction of sp³-hybridized carbons (Fsp3) is 0.615. The smallest absolute Gasteiger partial charge is 0.279 e. The summed E-state index contributed by atoms with van der Waals surface area (Å²) in [6.45, 7) is 7.46. The van der Waals surface area contributed by atoms with E-state index in [9.17, 15) is 4.79 Å². The maximum Gasteiger partial charge on any atom is 0.279 e. The zero-order chi connectivity index (χ0) is 17.8. The molecule has 0 aromatic carbocycles. The van der Waals surface area contributed by atoms with E-state index < -0.39 is 17.3 Å². The molecular formula is C13H17Cl6NOS. The van der Waals surface area contributed by atoms with Crippen LogP contribution in [0.5, 0.6) is 0 Å². The third-order valence-electron chi connectivity index (χ3n) is 2.96. The van der Waals surface area contributed by atoms with Gasteiger partial charge in [-0.25, -0.2) is 0 Å². The summed E-state index contributed by atoms with van der Waals surface area (Å²) < 4.78 is -0.251. The molecule has 0 aromatic heterocycles. The molecule has 0 saturated heterocycles. The quantitative estimate of drug-likeness (QED) is 0.428. The van der Waals surface area contributed by atoms with E-state index in [-0.39, 0.29) is 30.9 Å². The highest BCUT2D eigenvalue weighted by atomic mass is 35.5. The monoisotopic (exact) mass is 445 g/mol. The molecule has 0 aromatic rings. The summed E-state index contributed by atoms with van der Waals surface area (Å²) >= 11 is 39.5. The number of halogens is 6. The molecule has 0 fully saturated rings. The van der Waals surface area contributed by atoms with Gasteiger partial charge in [0, 0.05) is 0 Å². The first-order valence-corrected chi connectivity index (χ1v) is 9.07. The van der Waals surface area contributed by atoms with E-state index in [1.54, 1.807) is 0 Å². The molecule has 2 atom stereocenters. The lowest BCUT2D eigenvalue weighted by Crippen LogP contribution is -2.50. The van der Waals surface area contributed by atoms with E-state index in [0.717, 1.165) is 0 Å². The van der Waals surface area contributed by atoms with Crippen LogP contribution in [0.25, 0.3) is 0 Å². The molecule has 0 aliphatic rings. The van der Waals surface area contributed by atoms with Crippen molar-refractivity contribution in [1.82, 2.24) is 4.90 Å². The molecule has 0 bridgehead atoms. The molecule has 0 saturated carbocycles. The molecule has 9 heteroatoms. The Morgan fingerprint density at radius 2 is 1.05 bits per heavy atom. The van der Waals surface area contributed by atoms with Crippen LogP contribution < -0.4 is 0 Å². The van der Waals surface area contributed by atoms with Gasteiger partial charge in [-0.15, -0.1) is 0 Å². The van der Waals surface area contributed by atoms with Crippen molar-refractivity contribution in [2.45, 2.75) is 39.8 Å². The summed E-state index contributed by atoms with van der Waals surface area (Å²) in [7, 11) is 0. The number of nitrogens with zero attached hydrogens (tertiary/aromatic N) is 1.